The van der Waals surface area contributed by atoms with Crippen molar-refractivity contribution < 1.29 is 15.0 Å². The molecule has 0 radical (unpaired) electrons. The molecule has 0 saturated carbocycles. The van der Waals surface area contributed by atoms with E-state index in [1.165, 1.54) is 0 Å². The first kappa shape index (κ1) is 12.1. The molecular weight excluding hydrogens is 218 g/mol. The van der Waals surface area contributed by atoms with Crippen LogP contribution in [0.1, 0.15) is 34.9 Å². The number of aromatic carboxylic acids is 1. The average Bonchev–Trinajstić information content (AvgIpc) is 2.39. The number of hydrogen-bond donors (Lipinski definition) is 3. The molecule has 1 aliphatic rings. The fraction of sp³-hybridized carbons (Fsp3) is 0.462. The molecule has 2 rings (SSSR count). The van der Waals surface area contributed by atoms with E-state index < -0.39 is 12.1 Å². The van der Waals surface area contributed by atoms with Gasteiger partial charge in [-0.25, -0.2) is 4.79 Å². The van der Waals surface area contributed by atoms with Crippen LogP contribution in [-0.4, -0.2) is 29.3 Å². The summed E-state index contributed by atoms with van der Waals surface area (Å²) in [5.74, 6) is -0.828. The summed E-state index contributed by atoms with van der Waals surface area (Å²) in [6.07, 6.45) is 1.09. The molecule has 1 aromatic carbocycles. The molecule has 0 spiro atoms. The first-order chi connectivity index (χ1) is 8.20. The largest absolute Gasteiger partial charge is 0.478 e. The van der Waals surface area contributed by atoms with Crippen LogP contribution in [0.3, 0.4) is 0 Å². The molecule has 1 fully saturated rings. The highest BCUT2D eigenvalue weighted by molar-refractivity contribution is 5.89. The Hall–Kier alpha value is -1.39. The van der Waals surface area contributed by atoms with Gasteiger partial charge < -0.3 is 15.5 Å². The summed E-state index contributed by atoms with van der Waals surface area (Å²) in [5.41, 5.74) is 0.741. The molecule has 0 aromatic heterocycles. The summed E-state index contributed by atoms with van der Waals surface area (Å²) in [7, 11) is 0. The quantitative estimate of drug-likeness (QED) is 0.741. The summed E-state index contributed by atoms with van der Waals surface area (Å²) < 4.78 is 0. The van der Waals surface area contributed by atoms with Crippen LogP contribution in [0.5, 0.6) is 0 Å². The van der Waals surface area contributed by atoms with Crippen molar-refractivity contribution >= 4 is 5.97 Å². The van der Waals surface area contributed by atoms with Crippen molar-refractivity contribution in [3.63, 3.8) is 0 Å². The van der Waals surface area contributed by atoms with E-state index in [9.17, 15) is 9.90 Å². The lowest BCUT2D eigenvalue weighted by Gasteiger charge is -2.28. The predicted molar refractivity (Wildman–Crippen MR) is 64.0 cm³/mol. The molecule has 1 aliphatic heterocycles. The highest BCUT2D eigenvalue weighted by Crippen LogP contribution is 2.30. The van der Waals surface area contributed by atoms with Gasteiger partial charge in [-0.1, -0.05) is 18.2 Å². The molecular formula is C13H17NO3. The molecule has 1 aromatic rings. The Labute approximate surface area is 100 Å². The van der Waals surface area contributed by atoms with Crippen LogP contribution in [-0.2, 0) is 0 Å². The first-order valence-electron chi connectivity index (χ1n) is 5.91. The van der Waals surface area contributed by atoms with E-state index in [0.29, 0.717) is 5.56 Å². The maximum atomic E-state index is 11.1. The second-order valence-electron chi connectivity index (χ2n) is 4.42. The summed E-state index contributed by atoms with van der Waals surface area (Å²) in [5, 5.41) is 22.6. The molecule has 4 heteroatoms. The van der Waals surface area contributed by atoms with Crippen molar-refractivity contribution in [3.05, 3.63) is 35.4 Å². The third-order valence-corrected chi connectivity index (χ3v) is 3.34. The Morgan fingerprint density at radius 2 is 1.94 bits per heavy atom. The van der Waals surface area contributed by atoms with Gasteiger partial charge in [0.05, 0.1) is 11.7 Å². The van der Waals surface area contributed by atoms with Crippen molar-refractivity contribution in [1.82, 2.24) is 5.32 Å². The maximum Gasteiger partial charge on any atom is 0.336 e. The summed E-state index contributed by atoms with van der Waals surface area (Å²) in [4.78, 5) is 11.1. The van der Waals surface area contributed by atoms with E-state index in [1.54, 1.807) is 24.3 Å². The van der Waals surface area contributed by atoms with Gasteiger partial charge in [-0.15, -0.1) is 0 Å². The van der Waals surface area contributed by atoms with Crippen LogP contribution >= 0.6 is 0 Å². The van der Waals surface area contributed by atoms with Crippen LogP contribution in [0.25, 0.3) is 0 Å². The van der Waals surface area contributed by atoms with Gasteiger partial charge in [0.25, 0.3) is 0 Å². The molecule has 0 amide bonds. The SMILES string of the molecule is O=C(O)c1ccccc1C(O)C1CCNCC1. The second-order valence-corrected chi connectivity index (χ2v) is 4.42. The first-order valence-corrected chi connectivity index (χ1v) is 5.91. The topological polar surface area (TPSA) is 69.6 Å². The Morgan fingerprint density at radius 1 is 1.29 bits per heavy atom. The summed E-state index contributed by atoms with van der Waals surface area (Å²) in [6.45, 7) is 1.77. The van der Waals surface area contributed by atoms with Gasteiger partial charge >= 0.3 is 5.97 Å². The van der Waals surface area contributed by atoms with E-state index in [2.05, 4.69) is 5.32 Å². The van der Waals surface area contributed by atoms with Gasteiger partial charge in [0.2, 0.25) is 0 Å². The molecule has 1 heterocycles. The van der Waals surface area contributed by atoms with Gasteiger partial charge in [0.15, 0.2) is 0 Å². The summed E-state index contributed by atoms with van der Waals surface area (Å²) in [6, 6.07) is 6.70. The number of carboxylic acids is 1. The molecule has 17 heavy (non-hydrogen) atoms. The predicted octanol–water partition coefficient (Wildman–Crippen LogP) is 1.42. The van der Waals surface area contributed by atoms with Gasteiger partial charge in [-0.2, -0.15) is 0 Å². The van der Waals surface area contributed by atoms with Gasteiger partial charge in [0, 0.05) is 0 Å². The van der Waals surface area contributed by atoms with Gasteiger partial charge in [0.1, 0.15) is 0 Å². The number of hydrogen-bond acceptors (Lipinski definition) is 3. The minimum absolute atomic E-state index is 0.150. The maximum absolute atomic E-state index is 11.1. The van der Waals surface area contributed by atoms with E-state index in [1.807, 2.05) is 0 Å². The zero-order valence-corrected chi connectivity index (χ0v) is 9.60. The lowest BCUT2D eigenvalue weighted by atomic mass is 9.86. The Bertz CT molecular complexity index is 399. The van der Waals surface area contributed by atoms with E-state index >= 15 is 0 Å². The normalized spacial score (nSPS) is 18.9. The molecule has 0 aliphatic carbocycles. The second kappa shape index (κ2) is 5.29. The average molecular weight is 235 g/mol. The summed E-state index contributed by atoms with van der Waals surface area (Å²) >= 11 is 0. The number of aliphatic hydroxyl groups excluding tert-OH is 1. The number of piperidine rings is 1. The molecule has 3 N–H and O–H groups in total. The number of carboxylic acid groups (broad SMARTS) is 1. The highest BCUT2D eigenvalue weighted by atomic mass is 16.4. The number of nitrogens with one attached hydrogen (secondary N) is 1. The highest BCUT2D eigenvalue weighted by Gasteiger charge is 2.25. The number of carbonyl (C=O) groups is 1. The van der Waals surface area contributed by atoms with Crippen LogP contribution in [0, 0.1) is 5.92 Å². The Balaban J connectivity index is 2.23. The molecule has 4 nitrogen and oxygen atoms in total. The smallest absolute Gasteiger partial charge is 0.336 e. The van der Waals surface area contributed by atoms with E-state index in [0.717, 1.165) is 25.9 Å². The lowest BCUT2D eigenvalue weighted by Crippen LogP contribution is -2.31. The minimum atomic E-state index is -0.978. The van der Waals surface area contributed by atoms with Crippen LogP contribution in [0.15, 0.2) is 24.3 Å². The number of aliphatic hydroxyl groups is 1. The zero-order chi connectivity index (χ0) is 12.3. The Morgan fingerprint density at radius 3 is 2.59 bits per heavy atom. The third-order valence-electron chi connectivity index (χ3n) is 3.34. The zero-order valence-electron chi connectivity index (χ0n) is 9.60. The van der Waals surface area contributed by atoms with Crippen LogP contribution in [0.2, 0.25) is 0 Å². The molecule has 1 unspecified atom stereocenters. The number of benzene rings is 1. The number of rotatable bonds is 3. The molecule has 0 bridgehead atoms. The van der Waals surface area contributed by atoms with E-state index in [4.69, 9.17) is 5.11 Å². The van der Waals surface area contributed by atoms with E-state index in [-0.39, 0.29) is 11.5 Å². The molecule has 92 valence electrons. The van der Waals surface area contributed by atoms with Crippen LogP contribution < -0.4 is 5.32 Å². The van der Waals surface area contributed by atoms with Crippen molar-refractivity contribution in [3.8, 4) is 0 Å². The van der Waals surface area contributed by atoms with Gasteiger partial charge in [-0.05, 0) is 43.5 Å². The monoisotopic (exact) mass is 235 g/mol. The van der Waals surface area contributed by atoms with Crippen molar-refractivity contribution in [1.29, 1.82) is 0 Å². The van der Waals surface area contributed by atoms with Crippen molar-refractivity contribution in [2.75, 3.05) is 13.1 Å². The molecule has 1 atom stereocenters. The van der Waals surface area contributed by atoms with Crippen LogP contribution in [0.4, 0.5) is 0 Å². The Kier molecular flexibility index (Phi) is 3.76. The lowest BCUT2D eigenvalue weighted by molar-refractivity contribution is 0.0663. The van der Waals surface area contributed by atoms with Gasteiger partial charge in [-0.3, -0.25) is 0 Å². The minimum Gasteiger partial charge on any atom is -0.478 e. The fourth-order valence-electron chi connectivity index (χ4n) is 2.36. The fourth-order valence-corrected chi connectivity index (χ4v) is 2.36. The standard InChI is InChI=1S/C13H17NO3/c15-12(9-5-7-14-8-6-9)10-3-1-2-4-11(10)13(16)17/h1-4,9,12,14-15H,5-8H2,(H,16,17). The van der Waals surface area contributed by atoms with Crippen molar-refractivity contribution in [2.45, 2.75) is 18.9 Å². The third kappa shape index (κ3) is 2.65. The van der Waals surface area contributed by atoms with Crippen molar-refractivity contribution in [2.24, 2.45) is 5.92 Å². The molecule has 1 saturated heterocycles.